The molecule has 0 N–H and O–H groups in total. The quantitative estimate of drug-likeness (QED) is 0.713. The molecule has 3 aromatic rings. The minimum absolute atomic E-state index is 0.239. The van der Waals surface area contributed by atoms with Crippen molar-refractivity contribution in [3.63, 3.8) is 0 Å². The van der Waals surface area contributed by atoms with Crippen LogP contribution in [-0.2, 0) is 11.2 Å². The summed E-state index contributed by atoms with van der Waals surface area (Å²) in [5.41, 5.74) is 2.17. The minimum Gasteiger partial charge on any atom is -0.353 e. The molecule has 0 atom stereocenters. The molecule has 4 heterocycles. The molecule has 0 aromatic carbocycles. The zero-order valence-electron chi connectivity index (χ0n) is 14.1. The van der Waals surface area contributed by atoms with Gasteiger partial charge in [0.2, 0.25) is 5.91 Å². The molecule has 0 aliphatic carbocycles. The predicted molar refractivity (Wildman–Crippen MR) is 97.0 cm³/mol. The summed E-state index contributed by atoms with van der Waals surface area (Å²) < 4.78 is 1.76. The van der Waals surface area contributed by atoms with Gasteiger partial charge in [-0.15, -0.1) is 0 Å². The van der Waals surface area contributed by atoms with Crippen LogP contribution in [0.15, 0.2) is 29.2 Å². The summed E-state index contributed by atoms with van der Waals surface area (Å²) in [6, 6.07) is 4.11. The van der Waals surface area contributed by atoms with E-state index in [4.69, 9.17) is 0 Å². The van der Waals surface area contributed by atoms with Crippen molar-refractivity contribution in [1.82, 2.24) is 24.5 Å². The summed E-state index contributed by atoms with van der Waals surface area (Å²) in [4.78, 5) is 25.2. The highest BCUT2D eigenvalue weighted by atomic mass is 32.1. The van der Waals surface area contributed by atoms with E-state index in [1.54, 1.807) is 15.9 Å². The molecule has 4 rings (SSSR count). The number of hydrogen-bond donors (Lipinski definition) is 0. The lowest BCUT2D eigenvalue weighted by molar-refractivity contribution is -0.131. The van der Waals surface area contributed by atoms with E-state index in [-0.39, 0.29) is 5.91 Å². The molecule has 1 saturated heterocycles. The number of thiophene rings is 1. The van der Waals surface area contributed by atoms with Gasteiger partial charge in [0.15, 0.2) is 0 Å². The SMILES string of the molecule is Cc1cc(N2CCN(C(=O)CCc3ccsc3)CC2)n2ncnc2n1. The van der Waals surface area contributed by atoms with Crippen LogP contribution in [0.2, 0.25) is 0 Å². The first-order valence-electron chi connectivity index (χ1n) is 8.42. The third-order valence-corrected chi connectivity index (χ3v) is 5.26. The van der Waals surface area contributed by atoms with Gasteiger partial charge in [-0.3, -0.25) is 4.79 Å². The molecule has 8 heteroatoms. The highest BCUT2D eigenvalue weighted by molar-refractivity contribution is 7.07. The Morgan fingerprint density at radius 1 is 1.28 bits per heavy atom. The topological polar surface area (TPSA) is 66.6 Å². The fraction of sp³-hybridized carbons (Fsp3) is 0.412. The number of nitrogens with zero attached hydrogens (tertiary/aromatic N) is 6. The van der Waals surface area contributed by atoms with Gasteiger partial charge in [0.05, 0.1) is 0 Å². The zero-order valence-corrected chi connectivity index (χ0v) is 14.9. The molecular weight excluding hydrogens is 336 g/mol. The number of fused-ring (bicyclic) bond motifs is 1. The third-order valence-electron chi connectivity index (χ3n) is 4.53. The van der Waals surface area contributed by atoms with E-state index in [0.29, 0.717) is 12.2 Å². The number of amides is 1. The molecular formula is C17H20N6OS. The van der Waals surface area contributed by atoms with Crippen molar-refractivity contribution in [2.24, 2.45) is 0 Å². The first-order valence-corrected chi connectivity index (χ1v) is 9.36. The monoisotopic (exact) mass is 356 g/mol. The Kier molecular flexibility index (Phi) is 4.35. The predicted octanol–water partition coefficient (Wildman–Crippen LogP) is 1.78. The summed E-state index contributed by atoms with van der Waals surface area (Å²) >= 11 is 1.68. The van der Waals surface area contributed by atoms with E-state index < -0.39 is 0 Å². The number of piperazine rings is 1. The zero-order chi connectivity index (χ0) is 17.2. The van der Waals surface area contributed by atoms with Crippen molar-refractivity contribution >= 4 is 28.8 Å². The van der Waals surface area contributed by atoms with Gasteiger partial charge in [-0.25, -0.2) is 4.98 Å². The van der Waals surface area contributed by atoms with E-state index in [9.17, 15) is 4.79 Å². The Morgan fingerprint density at radius 3 is 2.88 bits per heavy atom. The second kappa shape index (κ2) is 6.79. The fourth-order valence-electron chi connectivity index (χ4n) is 3.17. The number of aryl methyl sites for hydroxylation is 2. The second-order valence-corrected chi connectivity index (χ2v) is 7.01. The van der Waals surface area contributed by atoms with Crippen molar-refractivity contribution in [3.05, 3.63) is 40.5 Å². The lowest BCUT2D eigenvalue weighted by atomic mass is 10.1. The van der Waals surface area contributed by atoms with Crippen molar-refractivity contribution < 1.29 is 4.79 Å². The number of carbonyl (C=O) groups excluding carboxylic acids is 1. The molecule has 130 valence electrons. The van der Waals surface area contributed by atoms with Crippen LogP contribution in [-0.4, -0.2) is 56.6 Å². The van der Waals surface area contributed by atoms with Crippen LogP contribution in [0.3, 0.4) is 0 Å². The van der Waals surface area contributed by atoms with Crippen LogP contribution in [0.25, 0.3) is 5.78 Å². The van der Waals surface area contributed by atoms with Gasteiger partial charge in [-0.2, -0.15) is 25.9 Å². The van der Waals surface area contributed by atoms with Gasteiger partial charge < -0.3 is 9.80 Å². The molecule has 1 amide bonds. The van der Waals surface area contributed by atoms with Crippen LogP contribution in [0.4, 0.5) is 5.82 Å². The molecule has 0 unspecified atom stereocenters. The normalized spacial score (nSPS) is 15.1. The maximum Gasteiger partial charge on any atom is 0.254 e. The molecule has 3 aromatic heterocycles. The second-order valence-electron chi connectivity index (χ2n) is 6.23. The van der Waals surface area contributed by atoms with Gasteiger partial charge in [0, 0.05) is 44.4 Å². The molecule has 1 aliphatic heterocycles. The van der Waals surface area contributed by atoms with Crippen molar-refractivity contribution in [1.29, 1.82) is 0 Å². The average Bonchev–Trinajstić information content (AvgIpc) is 3.30. The maximum atomic E-state index is 12.4. The average molecular weight is 356 g/mol. The lowest BCUT2D eigenvalue weighted by Gasteiger charge is -2.36. The minimum atomic E-state index is 0.239. The van der Waals surface area contributed by atoms with Crippen LogP contribution in [0, 0.1) is 6.92 Å². The van der Waals surface area contributed by atoms with Crippen LogP contribution in [0.1, 0.15) is 17.7 Å². The summed E-state index contributed by atoms with van der Waals surface area (Å²) in [5.74, 6) is 1.84. The number of hydrogen-bond acceptors (Lipinski definition) is 6. The van der Waals surface area contributed by atoms with Gasteiger partial charge in [0.25, 0.3) is 5.78 Å². The van der Waals surface area contributed by atoms with E-state index in [0.717, 1.165) is 44.1 Å². The molecule has 7 nitrogen and oxygen atoms in total. The van der Waals surface area contributed by atoms with Gasteiger partial charge >= 0.3 is 0 Å². The number of rotatable bonds is 4. The summed E-state index contributed by atoms with van der Waals surface area (Å²) in [5, 5.41) is 8.44. The standard InChI is InChI=1S/C17H20N6OS/c1-13-10-15(23-17(20-13)18-12-19-23)21-5-7-22(8-6-21)16(24)3-2-14-4-9-25-11-14/h4,9-12H,2-3,5-8H2,1H3. The van der Waals surface area contributed by atoms with Gasteiger partial charge in [-0.1, -0.05) is 0 Å². The molecule has 1 fully saturated rings. The third kappa shape index (κ3) is 3.34. The maximum absolute atomic E-state index is 12.4. The van der Waals surface area contributed by atoms with Gasteiger partial charge in [0.1, 0.15) is 12.1 Å². The number of aromatic nitrogens is 4. The Bertz CT molecular complexity index is 867. The van der Waals surface area contributed by atoms with Crippen molar-refractivity contribution in [3.8, 4) is 0 Å². The fourth-order valence-corrected chi connectivity index (χ4v) is 3.87. The number of anilines is 1. The van der Waals surface area contributed by atoms with E-state index in [1.165, 1.54) is 11.9 Å². The molecule has 0 bridgehead atoms. The molecule has 25 heavy (non-hydrogen) atoms. The van der Waals surface area contributed by atoms with Crippen LogP contribution < -0.4 is 4.90 Å². The van der Waals surface area contributed by atoms with E-state index in [1.807, 2.05) is 17.9 Å². The smallest absolute Gasteiger partial charge is 0.254 e. The Labute approximate surface area is 149 Å². The first-order chi connectivity index (χ1) is 12.2. The summed E-state index contributed by atoms with van der Waals surface area (Å²) in [6.45, 7) is 5.02. The van der Waals surface area contributed by atoms with Crippen LogP contribution in [0.5, 0.6) is 0 Å². The Hall–Kier alpha value is -2.48. The van der Waals surface area contributed by atoms with Gasteiger partial charge in [-0.05, 0) is 35.7 Å². The van der Waals surface area contributed by atoms with Crippen LogP contribution >= 0.6 is 11.3 Å². The summed E-state index contributed by atoms with van der Waals surface area (Å²) in [6.07, 6.45) is 2.93. The highest BCUT2D eigenvalue weighted by Gasteiger charge is 2.23. The van der Waals surface area contributed by atoms with E-state index in [2.05, 4.69) is 36.8 Å². The Morgan fingerprint density at radius 2 is 2.12 bits per heavy atom. The van der Waals surface area contributed by atoms with E-state index >= 15 is 0 Å². The largest absolute Gasteiger partial charge is 0.353 e. The molecule has 0 spiro atoms. The lowest BCUT2D eigenvalue weighted by Crippen LogP contribution is -2.49. The van der Waals surface area contributed by atoms with Crippen molar-refractivity contribution in [2.75, 3.05) is 31.1 Å². The molecule has 1 aliphatic rings. The number of carbonyl (C=O) groups is 1. The first kappa shape index (κ1) is 16.0. The Balaban J connectivity index is 1.39. The molecule has 0 radical (unpaired) electrons. The highest BCUT2D eigenvalue weighted by Crippen LogP contribution is 2.18. The summed E-state index contributed by atoms with van der Waals surface area (Å²) in [7, 11) is 0. The van der Waals surface area contributed by atoms with Crippen molar-refractivity contribution in [2.45, 2.75) is 19.8 Å². The molecule has 0 saturated carbocycles.